The monoisotopic (exact) mass is 469 g/mol. The molecule has 3 aromatic carbocycles. The summed E-state index contributed by atoms with van der Waals surface area (Å²) in [7, 11) is 0. The number of ether oxygens (including phenoxy) is 2. The summed E-state index contributed by atoms with van der Waals surface area (Å²) in [4.78, 5) is 37.0. The Morgan fingerprint density at radius 1 is 0.800 bits per heavy atom. The molecular formula is C27H23N3O5. The van der Waals surface area contributed by atoms with Crippen molar-refractivity contribution in [3.63, 3.8) is 0 Å². The minimum Gasteiger partial charge on any atom is -0.452 e. The van der Waals surface area contributed by atoms with Crippen LogP contribution in [0.5, 0.6) is 5.75 Å². The summed E-state index contributed by atoms with van der Waals surface area (Å²) in [5, 5.41) is 8.24. The number of para-hydroxylation sites is 1. The second-order valence-electron chi connectivity index (χ2n) is 8.17. The van der Waals surface area contributed by atoms with E-state index >= 15 is 0 Å². The van der Waals surface area contributed by atoms with Crippen molar-refractivity contribution < 1.29 is 23.9 Å². The molecular weight excluding hydrogens is 446 g/mol. The maximum Gasteiger partial charge on any atom is 0.346 e. The van der Waals surface area contributed by atoms with Crippen LogP contribution in [0.1, 0.15) is 42.3 Å². The number of esters is 1. The number of carbonyl (C=O) groups is 3. The van der Waals surface area contributed by atoms with Gasteiger partial charge in [0.15, 0.2) is 0 Å². The number of cyclic esters (lactones) is 1. The van der Waals surface area contributed by atoms with E-state index in [1.165, 1.54) is 6.92 Å². The lowest BCUT2D eigenvalue weighted by atomic mass is 10.0. The van der Waals surface area contributed by atoms with Gasteiger partial charge in [-0.05, 0) is 36.4 Å². The molecule has 0 spiro atoms. The highest BCUT2D eigenvalue weighted by atomic mass is 16.7. The molecule has 1 aliphatic heterocycles. The standard InChI is InChI=1S/C27H23N3O5/c1-17(31)28-21-12-8-13-22(30-26(33)29-19-10-5-4-6-11-19)20(21)16-15-18-9-7-14-23-24(18)25(32)35-27(2,3)34-23/h4-14H,1-3H3,(H,28,31)(H2,29,30,33). The van der Waals surface area contributed by atoms with Gasteiger partial charge in [0.05, 0.1) is 16.9 Å². The molecule has 0 aliphatic carbocycles. The second-order valence-corrected chi connectivity index (χ2v) is 8.17. The van der Waals surface area contributed by atoms with Crippen LogP contribution < -0.4 is 20.7 Å². The summed E-state index contributed by atoms with van der Waals surface area (Å²) >= 11 is 0. The third kappa shape index (κ3) is 5.60. The van der Waals surface area contributed by atoms with Crippen LogP contribution in [0, 0.1) is 11.8 Å². The predicted molar refractivity (Wildman–Crippen MR) is 132 cm³/mol. The third-order valence-electron chi connectivity index (χ3n) is 4.90. The van der Waals surface area contributed by atoms with Gasteiger partial charge in [0, 0.05) is 32.0 Å². The zero-order chi connectivity index (χ0) is 25.0. The maximum atomic E-state index is 12.6. The largest absolute Gasteiger partial charge is 0.452 e. The van der Waals surface area contributed by atoms with E-state index in [9.17, 15) is 14.4 Å². The summed E-state index contributed by atoms with van der Waals surface area (Å²) in [5.74, 6) is 4.41. The number of urea groups is 1. The molecule has 3 N–H and O–H groups in total. The first kappa shape index (κ1) is 23.4. The molecule has 0 saturated heterocycles. The van der Waals surface area contributed by atoms with Gasteiger partial charge in [0.2, 0.25) is 11.7 Å². The molecule has 0 aromatic heterocycles. The molecule has 0 atom stereocenters. The van der Waals surface area contributed by atoms with Crippen LogP contribution in [0.4, 0.5) is 21.9 Å². The Kier molecular flexibility index (Phi) is 6.42. The van der Waals surface area contributed by atoms with Crippen molar-refractivity contribution in [2.24, 2.45) is 0 Å². The average molecular weight is 469 g/mol. The molecule has 35 heavy (non-hydrogen) atoms. The van der Waals surface area contributed by atoms with E-state index < -0.39 is 17.8 Å². The van der Waals surface area contributed by atoms with E-state index in [1.807, 2.05) is 6.07 Å². The number of rotatable bonds is 3. The van der Waals surface area contributed by atoms with Crippen LogP contribution in [0.3, 0.4) is 0 Å². The number of fused-ring (bicyclic) bond motifs is 1. The molecule has 1 heterocycles. The number of carbonyl (C=O) groups excluding carboxylic acids is 3. The summed E-state index contributed by atoms with van der Waals surface area (Å²) in [5.41, 5.74) is 2.38. The van der Waals surface area contributed by atoms with Gasteiger partial charge in [-0.3, -0.25) is 4.79 Å². The number of hydrogen-bond donors (Lipinski definition) is 3. The number of hydrogen-bond acceptors (Lipinski definition) is 5. The molecule has 3 aromatic rings. The van der Waals surface area contributed by atoms with Crippen molar-refractivity contribution in [1.82, 2.24) is 0 Å². The lowest BCUT2D eigenvalue weighted by molar-refractivity contribution is -0.127. The number of nitrogens with one attached hydrogen (secondary N) is 3. The molecule has 0 fully saturated rings. The molecule has 3 amide bonds. The summed E-state index contributed by atoms with van der Waals surface area (Å²) in [6.07, 6.45) is 0. The molecule has 1 aliphatic rings. The van der Waals surface area contributed by atoms with Crippen molar-refractivity contribution in [2.75, 3.05) is 16.0 Å². The third-order valence-corrected chi connectivity index (χ3v) is 4.90. The zero-order valence-electron chi connectivity index (χ0n) is 19.4. The Bertz CT molecular complexity index is 1370. The summed E-state index contributed by atoms with van der Waals surface area (Å²) in [6, 6.07) is 18.6. The highest BCUT2D eigenvalue weighted by molar-refractivity contribution is 6.02. The Hall–Kier alpha value is -4.77. The van der Waals surface area contributed by atoms with E-state index in [2.05, 4.69) is 27.8 Å². The number of benzene rings is 3. The van der Waals surface area contributed by atoms with Crippen LogP contribution >= 0.6 is 0 Å². The molecule has 0 bridgehead atoms. The number of amides is 3. The lowest BCUT2D eigenvalue weighted by Gasteiger charge is -2.31. The van der Waals surface area contributed by atoms with Crippen molar-refractivity contribution in [3.8, 4) is 17.6 Å². The van der Waals surface area contributed by atoms with E-state index in [0.717, 1.165) is 0 Å². The van der Waals surface area contributed by atoms with Gasteiger partial charge in [0.1, 0.15) is 11.3 Å². The van der Waals surface area contributed by atoms with E-state index in [4.69, 9.17) is 9.47 Å². The Morgan fingerprint density at radius 3 is 2.20 bits per heavy atom. The fourth-order valence-electron chi connectivity index (χ4n) is 3.51. The minimum absolute atomic E-state index is 0.215. The van der Waals surface area contributed by atoms with Crippen LogP contribution in [0.25, 0.3) is 0 Å². The Morgan fingerprint density at radius 2 is 1.49 bits per heavy atom. The van der Waals surface area contributed by atoms with Crippen LogP contribution in [0.15, 0.2) is 66.7 Å². The van der Waals surface area contributed by atoms with Gasteiger partial charge in [-0.1, -0.05) is 42.2 Å². The van der Waals surface area contributed by atoms with Crippen molar-refractivity contribution >= 4 is 35.0 Å². The van der Waals surface area contributed by atoms with E-state index in [1.54, 1.807) is 74.5 Å². The van der Waals surface area contributed by atoms with Gasteiger partial charge in [0.25, 0.3) is 0 Å². The smallest absolute Gasteiger partial charge is 0.346 e. The Balaban J connectivity index is 1.71. The highest BCUT2D eigenvalue weighted by Crippen LogP contribution is 2.33. The highest BCUT2D eigenvalue weighted by Gasteiger charge is 2.35. The van der Waals surface area contributed by atoms with Crippen molar-refractivity contribution in [1.29, 1.82) is 0 Å². The second kappa shape index (κ2) is 9.61. The van der Waals surface area contributed by atoms with Crippen LogP contribution in [-0.2, 0) is 9.53 Å². The molecule has 4 rings (SSSR count). The van der Waals surface area contributed by atoms with Crippen molar-refractivity contribution in [3.05, 3.63) is 83.4 Å². The zero-order valence-corrected chi connectivity index (χ0v) is 19.4. The van der Waals surface area contributed by atoms with Gasteiger partial charge in [-0.2, -0.15) is 0 Å². The normalized spacial score (nSPS) is 13.2. The molecule has 0 saturated carbocycles. The molecule has 0 radical (unpaired) electrons. The van der Waals surface area contributed by atoms with E-state index in [-0.39, 0.29) is 11.5 Å². The predicted octanol–water partition coefficient (Wildman–Crippen LogP) is 4.97. The Labute approximate surface area is 202 Å². The fraction of sp³-hybridized carbons (Fsp3) is 0.148. The van der Waals surface area contributed by atoms with Gasteiger partial charge in [-0.15, -0.1) is 0 Å². The van der Waals surface area contributed by atoms with Crippen LogP contribution in [0.2, 0.25) is 0 Å². The molecule has 8 heteroatoms. The maximum absolute atomic E-state index is 12.6. The molecule has 8 nitrogen and oxygen atoms in total. The van der Waals surface area contributed by atoms with Crippen LogP contribution in [-0.4, -0.2) is 23.7 Å². The van der Waals surface area contributed by atoms with Gasteiger partial charge >= 0.3 is 12.0 Å². The summed E-state index contributed by atoms with van der Waals surface area (Å²) < 4.78 is 11.1. The minimum atomic E-state index is -1.09. The fourth-order valence-corrected chi connectivity index (χ4v) is 3.51. The first-order chi connectivity index (χ1) is 16.7. The molecule has 0 unspecified atom stereocenters. The molecule has 176 valence electrons. The first-order valence-electron chi connectivity index (χ1n) is 10.8. The SMILES string of the molecule is CC(=O)Nc1cccc(NC(=O)Nc2ccccc2)c1C#Cc1cccc2c1C(=O)OC(C)(C)O2. The first-order valence-corrected chi connectivity index (χ1v) is 10.8. The average Bonchev–Trinajstić information content (AvgIpc) is 2.78. The topological polar surface area (TPSA) is 106 Å². The van der Waals surface area contributed by atoms with Gasteiger partial charge < -0.3 is 25.4 Å². The van der Waals surface area contributed by atoms with E-state index in [0.29, 0.717) is 33.9 Å². The quantitative estimate of drug-likeness (QED) is 0.371. The van der Waals surface area contributed by atoms with Crippen molar-refractivity contribution in [2.45, 2.75) is 26.6 Å². The summed E-state index contributed by atoms with van der Waals surface area (Å²) in [6.45, 7) is 4.67. The van der Waals surface area contributed by atoms with Gasteiger partial charge in [-0.25, -0.2) is 9.59 Å². The lowest BCUT2D eigenvalue weighted by Crippen LogP contribution is -2.39. The number of anilines is 3.